The number of rotatable bonds is 10. The Morgan fingerprint density at radius 3 is 2.61 bits per heavy atom. The minimum Gasteiger partial charge on any atom is -0.490 e. The summed E-state index contributed by atoms with van der Waals surface area (Å²) in [6.45, 7) is 1.72. The molecule has 130 valence electrons. The zero-order chi connectivity index (χ0) is 17.5. The molecule has 5 N–H and O–H groups in total. The molecule has 8 nitrogen and oxygen atoms in total. The van der Waals surface area contributed by atoms with Gasteiger partial charge in [-0.25, -0.2) is 4.79 Å². The zero-order valence-corrected chi connectivity index (χ0v) is 13.7. The monoisotopic (exact) mass is 347 g/mol. The molecule has 0 aliphatic carbocycles. The maximum Gasteiger partial charge on any atom is 0.341 e. The van der Waals surface area contributed by atoms with Crippen LogP contribution in [0.1, 0.15) is 24.8 Å². The molecule has 0 aliphatic rings. The molecule has 0 aliphatic heterocycles. The largest absolute Gasteiger partial charge is 0.490 e. The number of ether oxygens (including phenoxy) is 2. The first kappa shape index (κ1) is 19.4. The quantitative estimate of drug-likeness (QED) is 0.462. The van der Waals surface area contributed by atoms with Crippen LogP contribution in [0.3, 0.4) is 0 Å². The first-order valence-corrected chi connectivity index (χ1v) is 9.04. The Hall–Kier alpha value is -1.60. The van der Waals surface area contributed by atoms with Crippen molar-refractivity contribution in [1.29, 1.82) is 0 Å². The second kappa shape index (κ2) is 8.88. The Balaban J connectivity index is 3.01. The molecule has 0 aromatic heterocycles. The lowest BCUT2D eigenvalue weighted by atomic mass is 10.2. The Bertz CT molecular complexity index is 578. The summed E-state index contributed by atoms with van der Waals surface area (Å²) in [6, 6.07) is 4.17. The fourth-order valence-corrected chi connectivity index (χ4v) is 3.39. The molecule has 0 bridgehead atoms. The van der Waals surface area contributed by atoms with E-state index in [0.717, 1.165) is 0 Å². The number of carboxylic acid groups (broad SMARTS) is 1. The van der Waals surface area contributed by atoms with Gasteiger partial charge in [0.15, 0.2) is 24.0 Å². The summed E-state index contributed by atoms with van der Waals surface area (Å²) in [6.07, 6.45) is 0.231. The Morgan fingerprint density at radius 2 is 2.04 bits per heavy atom. The molecule has 0 heterocycles. The van der Waals surface area contributed by atoms with Gasteiger partial charge in [-0.2, -0.15) is 0 Å². The summed E-state index contributed by atoms with van der Waals surface area (Å²) in [5.41, 5.74) is 5.51. The summed E-state index contributed by atoms with van der Waals surface area (Å²) in [5, 5.41) is 18.8. The van der Waals surface area contributed by atoms with Crippen molar-refractivity contribution in [2.24, 2.45) is 5.73 Å². The fourth-order valence-electron chi connectivity index (χ4n) is 1.89. The lowest BCUT2D eigenvalue weighted by molar-refractivity contribution is -0.139. The molecule has 0 saturated heterocycles. The number of hydrogen-bond acceptors (Lipinski definition) is 6. The molecule has 0 amide bonds. The predicted molar refractivity (Wildman–Crippen MR) is 84.1 cm³/mol. The summed E-state index contributed by atoms with van der Waals surface area (Å²) in [7, 11) is -3.82. The van der Waals surface area contributed by atoms with Crippen LogP contribution in [-0.4, -0.2) is 47.0 Å². The first-order chi connectivity index (χ1) is 10.8. The number of aliphatic hydroxyl groups excluding tert-OH is 1. The normalized spacial score (nSPS) is 14.8. The summed E-state index contributed by atoms with van der Waals surface area (Å²) in [5.74, 6) is -2.33. The molecule has 1 aromatic carbocycles. The first-order valence-electron chi connectivity index (χ1n) is 7.12. The third kappa shape index (κ3) is 5.84. The predicted octanol–water partition coefficient (Wildman–Crippen LogP) is 1.16. The second-order valence-corrected chi connectivity index (χ2v) is 7.26. The van der Waals surface area contributed by atoms with E-state index < -0.39 is 25.8 Å². The molecule has 2 atom stereocenters. The molecule has 1 aromatic rings. The number of carboxylic acids is 1. The van der Waals surface area contributed by atoms with E-state index in [1.807, 2.05) is 0 Å². The Labute approximate surface area is 134 Å². The van der Waals surface area contributed by atoms with E-state index in [2.05, 4.69) is 0 Å². The van der Waals surface area contributed by atoms with Crippen LogP contribution in [0.4, 0.5) is 0 Å². The molecule has 0 saturated carbocycles. The van der Waals surface area contributed by atoms with E-state index >= 15 is 0 Å². The van der Waals surface area contributed by atoms with Crippen molar-refractivity contribution < 1.29 is 33.9 Å². The highest BCUT2D eigenvalue weighted by Gasteiger charge is 2.30. The van der Waals surface area contributed by atoms with Crippen LogP contribution >= 0.6 is 7.37 Å². The van der Waals surface area contributed by atoms with Gasteiger partial charge in [0, 0.05) is 6.16 Å². The van der Waals surface area contributed by atoms with Crippen LogP contribution in [0.15, 0.2) is 18.2 Å². The van der Waals surface area contributed by atoms with Crippen molar-refractivity contribution in [2.45, 2.75) is 19.2 Å². The van der Waals surface area contributed by atoms with Gasteiger partial charge >= 0.3 is 5.97 Å². The number of aliphatic hydroxyl groups is 1. The lowest BCUT2D eigenvalue weighted by Gasteiger charge is -2.20. The van der Waals surface area contributed by atoms with Crippen LogP contribution in [-0.2, 0) is 9.36 Å². The van der Waals surface area contributed by atoms with Crippen molar-refractivity contribution in [3.05, 3.63) is 23.8 Å². The van der Waals surface area contributed by atoms with Crippen LogP contribution in [0.25, 0.3) is 0 Å². The van der Waals surface area contributed by atoms with Gasteiger partial charge in [-0.1, -0.05) is 6.07 Å². The van der Waals surface area contributed by atoms with Gasteiger partial charge in [0.25, 0.3) is 0 Å². The SMILES string of the molecule is CCOc1cc(C(O)P(=O)(O)CCCN)ccc1OCC(=O)O. The number of benzene rings is 1. The van der Waals surface area contributed by atoms with Crippen molar-refractivity contribution in [2.75, 3.05) is 25.9 Å². The van der Waals surface area contributed by atoms with Crippen LogP contribution < -0.4 is 15.2 Å². The maximum absolute atomic E-state index is 12.1. The molecular formula is C14H22NO7P. The van der Waals surface area contributed by atoms with Crippen molar-refractivity contribution in [3.63, 3.8) is 0 Å². The highest BCUT2D eigenvalue weighted by molar-refractivity contribution is 7.58. The minimum atomic E-state index is -3.82. The third-order valence-corrected chi connectivity index (χ3v) is 5.00. The molecule has 1 rings (SSSR count). The summed E-state index contributed by atoms with van der Waals surface area (Å²) in [4.78, 5) is 20.5. The van der Waals surface area contributed by atoms with Gasteiger partial charge in [0.1, 0.15) is 0 Å². The van der Waals surface area contributed by atoms with Crippen LogP contribution in [0.2, 0.25) is 0 Å². The van der Waals surface area contributed by atoms with E-state index in [0.29, 0.717) is 6.42 Å². The van der Waals surface area contributed by atoms with E-state index in [-0.39, 0.29) is 36.4 Å². The molecular weight excluding hydrogens is 325 g/mol. The standard InChI is InChI=1S/C14H22NO7P/c1-2-21-12-8-10(4-5-11(12)22-9-13(16)17)14(18)23(19,20)7-3-6-15/h4-5,8,14,18H,2-3,6-7,9,15H2,1H3,(H,16,17)(H,19,20). The van der Waals surface area contributed by atoms with E-state index in [1.54, 1.807) is 6.92 Å². The van der Waals surface area contributed by atoms with E-state index in [1.165, 1.54) is 18.2 Å². The molecule has 0 radical (unpaired) electrons. The second-order valence-electron chi connectivity index (χ2n) is 4.82. The molecule has 9 heteroatoms. The molecule has 2 unspecified atom stereocenters. The number of carbonyl (C=O) groups is 1. The van der Waals surface area contributed by atoms with Crippen molar-refractivity contribution in [1.82, 2.24) is 0 Å². The fraction of sp³-hybridized carbons (Fsp3) is 0.500. The highest BCUT2D eigenvalue weighted by atomic mass is 31.2. The van der Waals surface area contributed by atoms with Gasteiger partial charge < -0.3 is 30.3 Å². The molecule has 23 heavy (non-hydrogen) atoms. The van der Waals surface area contributed by atoms with Gasteiger partial charge in [-0.05, 0) is 37.6 Å². The van der Waals surface area contributed by atoms with E-state index in [9.17, 15) is 19.4 Å². The van der Waals surface area contributed by atoms with Crippen molar-refractivity contribution in [3.8, 4) is 11.5 Å². The smallest absolute Gasteiger partial charge is 0.341 e. The van der Waals surface area contributed by atoms with Gasteiger partial charge in [0.2, 0.25) is 7.37 Å². The lowest BCUT2D eigenvalue weighted by Crippen LogP contribution is -2.11. The van der Waals surface area contributed by atoms with Gasteiger partial charge in [-0.15, -0.1) is 0 Å². The Morgan fingerprint density at radius 1 is 1.35 bits per heavy atom. The average molecular weight is 347 g/mol. The zero-order valence-electron chi connectivity index (χ0n) is 12.8. The van der Waals surface area contributed by atoms with E-state index in [4.69, 9.17) is 20.3 Å². The summed E-state index contributed by atoms with van der Waals surface area (Å²) >= 11 is 0. The van der Waals surface area contributed by atoms with Gasteiger partial charge in [0.05, 0.1) is 6.61 Å². The molecule has 0 spiro atoms. The number of hydrogen-bond donors (Lipinski definition) is 4. The summed E-state index contributed by atoms with van der Waals surface area (Å²) < 4.78 is 22.6. The van der Waals surface area contributed by atoms with Crippen molar-refractivity contribution >= 4 is 13.3 Å². The highest BCUT2D eigenvalue weighted by Crippen LogP contribution is 2.54. The maximum atomic E-state index is 12.1. The average Bonchev–Trinajstić information content (AvgIpc) is 2.51. The topological polar surface area (TPSA) is 139 Å². The third-order valence-electron chi connectivity index (χ3n) is 2.98. The number of aliphatic carboxylic acids is 1. The Kier molecular flexibility index (Phi) is 7.51. The molecule has 0 fully saturated rings. The number of nitrogens with two attached hydrogens (primary N) is 1. The van der Waals surface area contributed by atoms with Gasteiger partial charge in [-0.3, -0.25) is 4.57 Å². The minimum absolute atomic E-state index is 0.0914. The van der Waals surface area contributed by atoms with Crippen LogP contribution in [0.5, 0.6) is 11.5 Å². The van der Waals surface area contributed by atoms with Crippen LogP contribution in [0, 0.1) is 0 Å².